The second-order valence-corrected chi connectivity index (χ2v) is 5.71. The first-order chi connectivity index (χ1) is 6.95. The fourth-order valence-corrected chi connectivity index (χ4v) is 1.72. The van der Waals surface area contributed by atoms with E-state index in [-0.39, 0.29) is 0 Å². The van der Waals surface area contributed by atoms with E-state index in [0.29, 0.717) is 12.5 Å². The van der Waals surface area contributed by atoms with Gasteiger partial charge < -0.3 is 14.5 Å². The lowest BCUT2D eigenvalue weighted by atomic mass is 10.0. The number of ether oxygens (including phenoxy) is 1. The molecule has 0 spiro atoms. The van der Waals surface area contributed by atoms with E-state index in [9.17, 15) is 4.57 Å². The SMILES string of the molecule is CCCCCC[C@H](C)COCP(=O)(O)O. The topological polar surface area (TPSA) is 66.8 Å². The Bertz CT molecular complexity index is 190. The Morgan fingerprint density at radius 3 is 2.47 bits per heavy atom. The van der Waals surface area contributed by atoms with E-state index < -0.39 is 13.9 Å². The molecule has 0 fully saturated rings. The molecule has 0 aliphatic rings. The summed E-state index contributed by atoms with van der Waals surface area (Å²) in [7, 11) is -3.98. The molecule has 5 heteroatoms. The molecular formula is C10H23O4P. The number of hydrogen-bond acceptors (Lipinski definition) is 2. The lowest BCUT2D eigenvalue weighted by Gasteiger charge is -2.12. The maximum atomic E-state index is 10.5. The highest BCUT2D eigenvalue weighted by Gasteiger charge is 2.13. The van der Waals surface area contributed by atoms with Gasteiger partial charge in [0.25, 0.3) is 0 Å². The summed E-state index contributed by atoms with van der Waals surface area (Å²) in [6.07, 6.45) is 5.51. The molecule has 0 aromatic rings. The lowest BCUT2D eigenvalue weighted by molar-refractivity contribution is 0.122. The van der Waals surface area contributed by atoms with E-state index in [1.54, 1.807) is 0 Å². The van der Waals surface area contributed by atoms with Crippen molar-refractivity contribution in [2.24, 2.45) is 5.92 Å². The zero-order chi connectivity index (χ0) is 11.7. The van der Waals surface area contributed by atoms with Crippen molar-refractivity contribution in [3.05, 3.63) is 0 Å². The van der Waals surface area contributed by atoms with Crippen LogP contribution in [0.3, 0.4) is 0 Å². The number of hydrogen-bond donors (Lipinski definition) is 2. The van der Waals surface area contributed by atoms with Gasteiger partial charge in [0.15, 0.2) is 0 Å². The molecule has 0 heterocycles. The molecule has 4 nitrogen and oxygen atoms in total. The maximum absolute atomic E-state index is 10.5. The Morgan fingerprint density at radius 1 is 1.27 bits per heavy atom. The predicted molar refractivity (Wildman–Crippen MR) is 60.8 cm³/mol. The van der Waals surface area contributed by atoms with Crippen molar-refractivity contribution in [2.45, 2.75) is 46.0 Å². The molecule has 1 atom stereocenters. The summed E-state index contributed by atoms with van der Waals surface area (Å²) in [5.41, 5.74) is 0. The Labute approximate surface area is 92.2 Å². The van der Waals surface area contributed by atoms with Gasteiger partial charge in [-0.3, -0.25) is 4.57 Å². The molecule has 0 aliphatic carbocycles. The number of rotatable bonds is 9. The van der Waals surface area contributed by atoms with Gasteiger partial charge in [-0.15, -0.1) is 0 Å². The van der Waals surface area contributed by atoms with Crippen molar-refractivity contribution in [1.29, 1.82) is 0 Å². The molecule has 0 aromatic carbocycles. The summed E-state index contributed by atoms with van der Waals surface area (Å²) < 4.78 is 15.4. The summed E-state index contributed by atoms with van der Waals surface area (Å²) in [6.45, 7) is 4.66. The Balaban J connectivity index is 3.33. The molecular weight excluding hydrogens is 215 g/mol. The molecule has 0 bridgehead atoms. The smallest absolute Gasteiger partial charge is 0.350 e. The summed E-state index contributed by atoms with van der Waals surface area (Å²) in [5, 5.41) is 0. The first-order valence-electron chi connectivity index (χ1n) is 5.58. The van der Waals surface area contributed by atoms with E-state index in [1.807, 2.05) is 6.92 Å². The highest BCUT2D eigenvalue weighted by Crippen LogP contribution is 2.34. The van der Waals surface area contributed by atoms with E-state index >= 15 is 0 Å². The Kier molecular flexibility index (Phi) is 8.34. The molecule has 0 rings (SSSR count). The van der Waals surface area contributed by atoms with Gasteiger partial charge in [0.1, 0.15) is 6.35 Å². The Hall–Kier alpha value is 0.110. The van der Waals surface area contributed by atoms with Crippen LogP contribution in [0.5, 0.6) is 0 Å². The maximum Gasteiger partial charge on any atom is 0.350 e. The van der Waals surface area contributed by atoms with Gasteiger partial charge >= 0.3 is 7.60 Å². The third-order valence-electron chi connectivity index (χ3n) is 2.21. The lowest BCUT2D eigenvalue weighted by Crippen LogP contribution is -2.07. The second kappa shape index (κ2) is 8.28. The van der Waals surface area contributed by atoms with Gasteiger partial charge in [0.2, 0.25) is 0 Å². The zero-order valence-corrected chi connectivity index (χ0v) is 10.6. The third kappa shape index (κ3) is 12.0. The molecule has 0 aliphatic heterocycles. The van der Waals surface area contributed by atoms with Crippen LogP contribution in [0.15, 0.2) is 0 Å². The van der Waals surface area contributed by atoms with Crippen LogP contribution in [-0.4, -0.2) is 22.7 Å². The van der Waals surface area contributed by atoms with Gasteiger partial charge in [0.05, 0.1) is 0 Å². The first kappa shape index (κ1) is 15.1. The van der Waals surface area contributed by atoms with Crippen LogP contribution in [0.25, 0.3) is 0 Å². The van der Waals surface area contributed by atoms with Crippen molar-refractivity contribution >= 4 is 7.60 Å². The van der Waals surface area contributed by atoms with Crippen molar-refractivity contribution in [1.82, 2.24) is 0 Å². The minimum Gasteiger partial charge on any atom is -0.369 e. The van der Waals surface area contributed by atoms with Crippen LogP contribution < -0.4 is 0 Å². The van der Waals surface area contributed by atoms with Gasteiger partial charge in [-0.05, 0) is 12.3 Å². The number of unbranched alkanes of at least 4 members (excludes halogenated alkanes) is 3. The van der Waals surface area contributed by atoms with Crippen molar-refractivity contribution in [3.63, 3.8) is 0 Å². The molecule has 0 unspecified atom stereocenters. The fraction of sp³-hybridized carbons (Fsp3) is 1.00. The monoisotopic (exact) mass is 238 g/mol. The van der Waals surface area contributed by atoms with Crippen LogP contribution in [0.1, 0.15) is 46.0 Å². The van der Waals surface area contributed by atoms with Crippen molar-refractivity contribution in [2.75, 3.05) is 13.0 Å². The average molecular weight is 238 g/mol. The van der Waals surface area contributed by atoms with E-state index in [1.165, 1.54) is 25.7 Å². The van der Waals surface area contributed by atoms with Gasteiger partial charge in [-0.2, -0.15) is 0 Å². The normalized spacial score (nSPS) is 14.1. The molecule has 0 aromatic heterocycles. The molecule has 0 amide bonds. The molecule has 92 valence electrons. The van der Waals surface area contributed by atoms with Crippen molar-refractivity contribution in [3.8, 4) is 0 Å². The van der Waals surface area contributed by atoms with Crippen LogP contribution >= 0.6 is 7.60 Å². The molecule has 15 heavy (non-hydrogen) atoms. The summed E-state index contributed by atoms with van der Waals surface area (Å²) >= 11 is 0. The standard InChI is InChI=1S/C10H23O4P/c1-3-4-5-6-7-10(2)8-14-9-15(11,12)13/h10H,3-9H2,1-2H3,(H2,11,12,13)/t10-/m0/s1. The van der Waals surface area contributed by atoms with E-state index in [0.717, 1.165) is 6.42 Å². The summed E-state index contributed by atoms with van der Waals surface area (Å²) in [4.78, 5) is 17.1. The van der Waals surface area contributed by atoms with Crippen LogP contribution in [0, 0.1) is 5.92 Å². The molecule has 0 saturated carbocycles. The third-order valence-corrected chi connectivity index (χ3v) is 2.73. The van der Waals surface area contributed by atoms with E-state index in [4.69, 9.17) is 14.5 Å². The second-order valence-electron chi connectivity index (χ2n) is 4.12. The average Bonchev–Trinajstić information content (AvgIpc) is 2.10. The fourth-order valence-electron chi connectivity index (χ4n) is 1.38. The first-order valence-corrected chi connectivity index (χ1v) is 7.37. The quantitative estimate of drug-likeness (QED) is 0.478. The van der Waals surface area contributed by atoms with Crippen LogP contribution in [0.2, 0.25) is 0 Å². The van der Waals surface area contributed by atoms with E-state index in [2.05, 4.69) is 6.92 Å². The summed E-state index contributed by atoms with van der Waals surface area (Å²) in [6, 6.07) is 0. The minimum atomic E-state index is -3.98. The predicted octanol–water partition coefficient (Wildman–Crippen LogP) is 2.74. The minimum absolute atomic E-state index is 0.383. The summed E-state index contributed by atoms with van der Waals surface area (Å²) in [5.74, 6) is 0.383. The van der Waals surface area contributed by atoms with Crippen LogP contribution in [-0.2, 0) is 9.30 Å². The zero-order valence-electron chi connectivity index (χ0n) is 9.69. The van der Waals surface area contributed by atoms with Gasteiger partial charge in [-0.1, -0.05) is 39.5 Å². The van der Waals surface area contributed by atoms with Gasteiger partial charge in [0, 0.05) is 6.61 Å². The highest BCUT2D eigenvalue weighted by atomic mass is 31.2. The van der Waals surface area contributed by atoms with Crippen LogP contribution in [0.4, 0.5) is 0 Å². The molecule has 0 radical (unpaired) electrons. The van der Waals surface area contributed by atoms with Gasteiger partial charge in [-0.25, -0.2) is 0 Å². The Morgan fingerprint density at radius 2 is 1.93 bits per heavy atom. The highest BCUT2D eigenvalue weighted by molar-refractivity contribution is 7.51. The molecule has 0 saturated heterocycles. The molecule has 2 N–H and O–H groups in total. The van der Waals surface area contributed by atoms with Crippen molar-refractivity contribution < 1.29 is 19.1 Å². The largest absolute Gasteiger partial charge is 0.369 e.